The summed E-state index contributed by atoms with van der Waals surface area (Å²) in [5.74, 6) is -1.55. The normalized spacial score (nSPS) is 13.2. The lowest BCUT2D eigenvalue weighted by Crippen LogP contribution is -2.37. The van der Waals surface area contributed by atoms with Gasteiger partial charge < -0.3 is 5.32 Å². The van der Waals surface area contributed by atoms with Gasteiger partial charge in [0.1, 0.15) is 12.2 Å². The number of pyridine rings is 1. The lowest BCUT2D eigenvalue weighted by Gasteiger charge is -2.13. The van der Waals surface area contributed by atoms with Crippen LogP contribution in [0.2, 0.25) is 5.02 Å². The molecule has 1 N–H and O–H groups in total. The molecule has 0 atom stereocenters. The van der Waals surface area contributed by atoms with Crippen LogP contribution >= 0.6 is 11.6 Å². The largest absolute Gasteiger partial charge is 0.325 e. The Bertz CT molecular complexity index is 739. The van der Waals surface area contributed by atoms with E-state index >= 15 is 0 Å². The summed E-state index contributed by atoms with van der Waals surface area (Å²) in [7, 11) is 0. The van der Waals surface area contributed by atoms with Gasteiger partial charge in [-0.25, -0.2) is 0 Å². The molecule has 1 aliphatic heterocycles. The number of carbonyl (C=O) groups excluding carboxylic acids is 3. The number of hydrogen-bond acceptors (Lipinski definition) is 4. The molecule has 1 aromatic heterocycles. The third-order valence-electron chi connectivity index (χ3n) is 3.16. The van der Waals surface area contributed by atoms with Gasteiger partial charge >= 0.3 is 0 Å². The number of hydrogen-bond donors (Lipinski definition) is 1. The Balaban J connectivity index is 1.71. The van der Waals surface area contributed by atoms with E-state index in [1.165, 1.54) is 12.3 Å². The molecule has 0 spiro atoms. The first-order valence-electron chi connectivity index (χ1n) is 6.43. The predicted molar refractivity (Wildman–Crippen MR) is 79.7 cm³/mol. The maximum Gasteiger partial charge on any atom is 0.280 e. The standard InChI is InChI=1S/C15H10ClN3O3/c16-9-3-5-10(6-4-9)18-12(20)8-19-14(21)11-2-1-7-17-13(11)15(19)22/h1-7H,8H2,(H,18,20). The van der Waals surface area contributed by atoms with Crippen LogP contribution in [-0.2, 0) is 4.79 Å². The van der Waals surface area contributed by atoms with Crippen LogP contribution < -0.4 is 5.32 Å². The minimum absolute atomic E-state index is 0.0757. The van der Waals surface area contributed by atoms with Gasteiger partial charge in [-0.2, -0.15) is 0 Å². The number of benzene rings is 1. The highest BCUT2D eigenvalue weighted by atomic mass is 35.5. The molecule has 0 bridgehead atoms. The van der Waals surface area contributed by atoms with Gasteiger partial charge in [0, 0.05) is 16.9 Å². The molecule has 2 heterocycles. The first-order chi connectivity index (χ1) is 10.6. The van der Waals surface area contributed by atoms with E-state index in [4.69, 9.17) is 11.6 Å². The molecule has 2 aromatic rings. The maximum absolute atomic E-state index is 12.1. The maximum atomic E-state index is 12.1. The number of halogens is 1. The zero-order chi connectivity index (χ0) is 15.7. The van der Waals surface area contributed by atoms with Crippen LogP contribution in [0.1, 0.15) is 20.8 Å². The van der Waals surface area contributed by atoms with E-state index < -0.39 is 17.7 Å². The van der Waals surface area contributed by atoms with Crippen molar-refractivity contribution in [1.29, 1.82) is 0 Å². The van der Waals surface area contributed by atoms with Crippen LogP contribution in [0.25, 0.3) is 0 Å². The van der Waals surface area contributed by atoms with Crippen molar-refractivity contribution in [1.82, 2.24) is 9.88 Å². The molecule has 7 heteroatoms. The zero-order valence-electron chi connectivity index (χ0n) is 11.2. The fraction of sp³-hybridized carbons (Fsp3) is 0.0667. The number of anilines is 1. The van der Waals surface area contributed by atoms with Gasteiger partial charge in [0.2, 0.25) is 5.91 Å². The molecule has 0 saturated carbocycles. The van der Waals surface area contributed by atoms with Crippen LogP contribution in [0.4, 0.5) is 5.69 Å². The van der Waals surface area contributed by atoms with E-state index in [9.17, 15) is 14.4 Å². The second-order valence-corrected chi connectivity index (χ2v) is 5.09. The lowest BCUT2D eigenvalue weighted by molar-refractivity contribution is -0.116. The molecule has 0 unspecified atom stereocenters. The quantitative estimate of drug-likeness (QED) is 0.878. The van der Waals surface area contributed by atoms with Crippen molar-refractivity contribution in [2.45, 2.75) is 0 Å². The van der Waals surface area contributed by atoms with Gasteiger partial charge in [0.15, 0.2) is 0 Å². The molecular weight excluding hydrogens is 306 g/mol. The summed E-state index contributed by atoms with van der Waals surface area (Å²) < 4.78 is 0. The summed E-state index contributed by atoms with van der Waals surface area (Å²) in [5, 5.41) is 3.15. The molecule has 22 heavy (non-hydrogen) atoms. The van der Waals surface area contributed by atoms with Crippen LogP contribution in [-0.4, -0.2) is 34.2 Å². The van der Waals surface area contributed by atoms with E-state index in [0.29, 0.717) is 10.7 Å². The summed E-state index contributed by atoms with van der Waals surface area (Å²) in [4.78, 5) is 40.9. The number of amides is 3. The Kier molecular flexibility index (Phi) is 3.60. The van der Waals surface area contributed by atoms with Crippen molar-refractivity contribution in [2.75, 3.05) is 11.9 Å². The van der Waals surface area contributed by atoms with Gasteiger partial charge in [-0.05, 0) is 36.4 Å². The Morgan fingerprint density at radius 3 is 2.55 bits per heavy atom. The SMILES string of the molecule is O=C(CN1C(=O)c2cccnc2C1=O)Nc1ccc(Cl)cc1. The molecule has 0 aliphatic carbocycles. The van der Waals surface area contributed by atoms with Crippen molar-refractivity contribution in [2.24, 2.45) is 0 Å². The third kappa shape index (κ3) is 2.56. The van der Waals surface area contributed by atoms with Crippen LogP contribution in [0.3, 0.4) is 0 Å². The Hall–Kier alpha value is -2.73. The van der Waals surface area contributed by atoms with E-state index in [1.807, 2.05) is 0 Å². The average Bonchev–Trinajstić information content (AvgIpc) is 2.75. The van der Waals surface area contributed by atoms with E-state index in [2.05, 4.69) is 10.3 Å². The Labute approximate surface area is 130 Å². The number of rotatable bonds is 3. The predicted octanol–water partition coefficient (Wildman–Crippen LogP) is 1.97. The van der Waals surface area contributed by atoms with Gasteiger partial charge in [-0.3, -0.25) is 24.3 Å². The number of aromatic nitrogens is 1. The van der Waals surface area contributed by atoms with Crippen LogP contribution in [0.15, 0.2) is 42.6 Å². The monoisotopic (exact) mass is 315 g/mol. The van der Waals surface area contributed by atoms with Crippen molar-refractivity contribution >= 4 is 35.0 Å². The lowest BCUT2D eigenvalue weighted by atomic mass is 10.2. The van der Waals surface area contributed by atoms with Crippen molar-refractivity contribution in [3.63, 3.8) is 0 Å². The minimum atomic E-state index is -0.563. The summed E-state index contributed by atoms with van der Waals surface area (Å²) in [6.07, 6.45) is 1.43. The average molecular weight is 316 g/mol. The minimum Gasteiger partial charge on any atom is -0.325 e. The van der Waals surface area contributed by atoms with Crippen molar-refractivity contribution in [3.05, 3.63) is 58.9 Å². The number of nitrogens with one attached hydrogen (secondary N) is 1. The molecule has 1 aliphatic rings. The highest BCUT2D eigenvalue weighted by molar-refractivity contribution is 6.30. The van der Waals surface area contributed by atoms with Crippen LogP contribution in [0, 0.1) is 0 Å². The summed E-state index contributed by atoms with van der Waals surface area (Å²) in [6, 6.07) is 9.60. The second-order valence-electron chi connectivity index (χ2n) is 4.65. The molecule has 110 valence electrons. The third-order valence-corrected chi connectivity index (χ3v) is 3.41. The van der Waals surface area contributed by atoms with Gasteiger partial charge in [-0.15, -0.1) is 0 Å². The number of nitrogens with zero attached hydrogens (tertiary/aromatic N) is 2. The molecule has 1 aromatic carbocycles. The second kappa shape index (κ2) is 5.57. The number of fused-ring (bicyclic) bond motifs is 1. The van der Waals surface area contributed by atoms with E-state index in [-0.39, 0.29) is 17.8 Å². The zero-order valence-corrected chi connectivity index (χ0v) is 12.0. The summed E-state index contributed by atoms with van der Waals surface area (Å²) in [5.41, 5.74) is 0.822. The highest BCUT2D eigenvalue weighted by Crippen LogP contribution is 2.20. The molecular formula is C15H10ClN3O3. The molecule has 3 rings (SSSR count). The molecule has 6 nitrogen and oxygen atoms in total. The number of imide groups is 1. The topological polar surface area (TPSA) is 79.4 Å². The van der Waals surface area contributed by atoms with E-state index in [1.54, 1.807) is 30.3 Å². The van der Waals surface area contributed by atoms with Crippen LogP contribution in [0.5, 0.6) is 0 Å². The van der Waals surface area contributed by atoms with Gasteiger partial charge in [0.05, 0.1) is 5.56 Å². The molecule has 0 fully saturated rings. The summed E-state index contributed by atoms with van der Waals surface area (Å²) >= 11 is 5.76. The first-order valence-corrected chi connectivity index (χ1v) is 6.80. The Morgan fingerprint density at radius 2 is 1.86 bits per heavy atom. The van der Waals surface area contributed by atoms with Gasteiger partial charge in [0.25, 0.3) is 11.8 Å². The van der Waals surface area contributed by atoms with Crippen molar-refractivity contribution in [3.8, 4) is 0 Å². The fourth-order valence-electron chi connectivity index (χ4n) is 2.13. The molecule has 3 amide bonds. The summed E-state index contributed by atoms with van der Waals surface area (Å²) in [6.45, 7) is -0.364. The number of carbonyl (C=O) groups is 3. The van der Waals surface area contributed by atoms with E-state index in [0.717, 1.165) is 4.90 Å². The molecule has 0 saturated heterocycles. The molecule has 0 radical (unpaired) electrons. The van der Waals surface area contributed by atoms with Gasteiger partial charge in [-0.1, -0.05) is 11.6 Å². The smallest absolute Gasteiger partial charge is 0.280 e. The first kappa shape index (κ1) is 14.2. The highest BCUT2D eigenvalue weighted by Gasteiger charge is 2.37. The Morgan fingerprint density at radius 1 is 1.14 bits per heavy atom. The van der Waals surface area contributed by atoms with Crippen molar-refractivity contribution < 1.29 is 14.4 Å². The fourth-order valence-corrected chi connectivity index (χ4v) is 2.26.